The van der Waals surface area contributed by atoms with Gasteiger partial charge in [-0.3, -0.25) is 0 Å². The number of ether oxygens (including phenoxy) is 1. The van der Waals surface area contributed by atoms with Crippen molar-refractivity contribution in [3.05, 3.63) is 71.3 Å². The number of rotatable bonds is 8. The van der Waals surface area contributed by atoms with E-state index in [1.165, 1.54) is 30.4 Å². The van der Waals surface area contributed by atoms with Crippen LogP contribution in [0, 0.1) is 5.92 Å². The molecule has 148 valence electrons. The Bertz CT molecular complexity index is 751. The van der Waals surface area contributed by atoms with Gasteiger partial charge in [-0.05, 0) is 61.3 Å². The van der Waals surface area contributed by atoms with E-state index in [2.05, 4.69) is 31.2 Å². The lowest BCUT2D eigenvalue weighted by atomic mass is 9.75. The van der Waals surface area contributed by atoms with Crippen LogP contribution >= 0.6 is 0 Å². The third-order valence-corrected chi connectivity index (χ3v) is 5.79. The van der Waals surface area contributed by atoms with Crippen LogP contribution in [0.1, 0.15) is 72.9 Å². The van der Waals surface area contributed by atoms with Gasteiger partial charge < -0.3 is 9.53 Å². The number of hydrogen-bond acceptors (Lipinski definition) is 3. The summed E-state index contributed by atoms with van der Waals surface area (Å²) in [6, 6.07) is 17.8. The first-order chi connectivity index (χ1) is 13.7. The lowest BCUT2D eigenvalue weighted by molar-refractivity contribution is -0.114. The van der Waals surface area contributed by atoms with E-state index in [4.69, 9.17) is 4.74 Å². The molecule has 3 nitrogen and oxygen atoms in total. The van der Waals surface area contributed by atoms with Gasteiger partial charge in [0.2, 0.25) is 0 Å². The maximum absolute atomic E-state index is 12.3. The van der Waals surface area contributed by atoms with E-state index in [0.717, 1.165) is 25.5 Å². The maximum Gasteiger partial charge on any atom is 0.338 e. The van der Waals surface area contributed by atoms with Crippen LogP contribution in [-0.2, 0) is 16.0 Å². The zero-order valence-electron chi connectivity index (χ0n) is 16.7. The number of benzene rings is 2. The van der Waals surface area contributed by atoms with Crippen LogP contribution in [0.3, 0.4) is 0 Å². The highest BCUT2D eigenvalue weighted by Gasteiger charge is 2.33. The van der Waals surface area contributed by atoms with Crippen LogP contribution in [0.15, 0.2) is 54.6 Å². The highest BCUT2D eigenvalue weighted by atomic mass is 16.5. The Kier molecular flexibility index (Phi) is 7.41. The second-order valence-corrected chi connectivity index (χ2v) is 7.81. The topological polar surface area (TPSA) is 43.4 Å². The monoisotopic (exact) mass is 378 g/mol. The highest BCUT2D eigenvalue weighted by Crippen LogP contribution is 2.38. The summed E-state index contributed by atoms with van der Waals surface area (Å²) in [7, 11) is 0. The Labute approximate surface area is 168 Å². The predicted molar refractivity (Wildman–Crippen MR) is 111 cm³/mol. The molecule has 28 heavy (non-hydrogen) atoms. The van der Waals surface area contributed by atoms with Gasteiger partial charge in [0.05, 0.1) is 5.56 Å². The van der Waals surface area contributed by atoms with E-state index in [1.807, 2.05) is 18.2 Å². The minimum absolute atomic E-state index is 0.103. The summed E-state index contributed by atoms with van der Waals surface area (Å²) >= 11 is 0. The van der Waals surface area contributed by atoms with Crippen LogP contribution in [-0.4, -0.2) is 18.4 Å². The Morgan fingerprint density at radius 1 is 1.04 bits per heavy atom. The number of carbonyl (C=O) groups is 2. The van der Waals surface area contributed by atoms with E-state index in [-0.39, 0.29) is 23.9 Å². The number of carbonyl (C=O) groups excluding carboxylic acids is 2. The average Bonchev–Trinajstić information content (AvgIpc) is 2.75. The minimum Gasteiger partial charge on any atom is -0.459 e. The lowest BCUT2D eigenvalue weighted by Crippen LogP contribution is -2.31. The molecular weight excluding hydrogens is 348 g/mol. The van der Waals surface area contributed by atoms with Gasteiger partial charge in [-0.25, -0.2) is 4.79 Å². The number of aldehydes is 1. The standard InChI is InChI=1S/C25H30O3/c1-2-3-5-8-19-11-13-20(14-12-19)24-16-15-23(17-22(24)18-26)28-25(27)21-9-6-4-7-10-21/h4,6-7,9-14,18,22-24H,2-3,5,8,15-17H2,1H3. The molecule has 0 spiro atoms. The Morgan fingerprint density at radius 3 is 2.46 bits per heavy atom. The molecule has 0 aromatic heterocycles. The summed E-state index contributed by atoms with van der Waals surface area (Å²) in [5, 5.41) is 0. The first kappa shape index (κ1) is 20.3. The normalized spacial score (nSPS) is 21.8. The molecule has 2 aromatic carbocycles. The molecule has 3 unspecified atom stereocenters. The van der Waals surface area contributed by atoms with Crippen LogP contribution in [0.2, 0.25) is 0 Å². The molecular formula is C25H30O3. The van der Waals surface area contributed by atoms with Crippen LogP contribution in [0.5, 0.6) is 0 Å². The summed E-state index contributed by atoms with van der Waals surface area (Å²) in [6.07, 6.45) is 7.97. The number of aryl methyl sites for hydroxylation is 1. The van der Waals surface area contributed by atoms with Gasteiger partial charge in [0, 0.05) is 5.92 Å². The highest BCUT2D eigenvalue weighted by molar-refractivity contribution is 5.89. The molecule has 1 saturated carbocycles. The molecule has 3 heteroatoms. The second-order valence-electron chi connectivity index (χ2n) is 7.81. The quantitative estimate of drug-likeness (QED) is 0.335. The van der Waals surface area contributed by atoms with Crippen molar-refractivity contribution < 1.29 is 14.3 Å². The maximum atomic E-state index is 12.3. The number of hydrogen-bond donors (Lipinski definition) is 0. The molecule has 0 saturated heterocycles. The van der Waals surface area contributed by atoms with E-state index in [0.29, 0.717) is 12.0 Å². The third kappa shape index (κ3) is 5.31. The van der Waals surface area contributed by atoms with Gasteiger partial charge in [-0.15, -0.1) is 0 Å². The van der Waals surface area contributed by atoms with Gasteiger partial charge in [0.1, 0.15) is 12.4 Å². The van der Waals surface area contributed by atoms with Gasteiger partial charge in [-0.2, -0.15) is 0 Å². The van der Waals surface area contributed by atoms with E-state index in [9.17, 15) is 9.59 Å². The van der Waals surface area contributed by atoms with Gasteiger partial charge in [0.15, 0.2) is 0 Å². The molecule has 0 N–H and O–H groups in total. The SMILES string of the molecule is CCCCCc1ccc(C2CCC(OC(=O)c3ccccc3)CC2C=O)cc1. The van der Waals surface area contributed by atoms with E-state index in [1.54, 1.807) is 12.1 Å². The van der Waals surface area contributed by atoms with Crippen molar-refractivity contribution in [2.75, 3.05) is 0 Å². The molecule has 1 aliphatic carbocycles. The van der Waals surface area contributed by atoms with E-state index < -0.39 is 0 Å². The van der Waals surface area contributed by atoms with Crippen molar-refractivity contribution in [2.45, 2.75) is 63.9 Å². The van der Waals surface area contributed by atoms with Gasteiger partial charge >= 0.3 is 5.97 Å². The summed E-state index contributed by atoms with van der Waals surface area (Å²) in [5.41, 5.74) is 3.15. The average molecular weight is 379 g/mol. The number of unbranched alkanes of at least 4 members (excludes halogenated alkanes) is 2. The fourth-order valence-electron chi connectivity index (χ4n) is 4.14. The Hall–Kier alpha value is -2.42. The third-order valence-electron chi connectivity index (χ3n) is 5.79. The second kappa shape index (κ2) is 10.2. The molecule has 1 aliphatic rings. The summed E-state index contributed by atoms with van der Waals surface area (Å²) in [6.45, 7) is 2.22. The van der Waals surface area contributed by atoms with Crippen molar-refractivity contribution in [1.29, 1.82) is 0 Å². The number of esters is 1. The minimum atomic E-state index is -0.301. The van der Waals surface area contributed by atoms with Crippen LogP contribution < -0.4 is 0 Å². The Balaban J connectivity index is 1.58. The predicted octanol–water partition coefficient (Wildman–Crippen LogP) is 5.73. The van der Waals surface area contributed by atoms with Crippen molar-refractivity contribution in [3.63, 3.8) is 0 Å². The summed E-state index contributed by atoms with van der Waals surface area (Å²) < 4.78 is 5.67. The fraction of sp³-hybridized carbons (Fsp3) is 0.440. The van der Waals surface area contributed by atoms with Crippen molar-refractivity contribution in [1.82, 2.24) is 0 Å². The molecule has 0 bridgehead atoms. The van der Waals surface area contributed by atoms with Crippen LogP contribution in [0.4, 0.5) is 0 Å². The largest absolute Gasteiger partial charge is 0.459 e. The molecule has 2 aromatic rings. The summed E-state index contributed by atoms with van der Waals surface area (Å²) in [4.78, 5) is 24.0. The molecule has 0 heterocycles. The molecule has 0 amide bonds. The molecule has 1 fully saturated rings. The first-order valence-electron chi connectivity index (χ1n) is 10.5. The lowest BCUT2D eigenvalue weighted by Gasteiger charge is -2.33. The van der Waals surface area contributed by atoms with Gasteiger partial charge in [-0.1, -0.05) is 62.2 Å². The van der Waals surface area contributed by atoms with Crippen molar-refractivity contribution in [2.24, 2.45) is 5.92 Å². The molecule has 0 radical (unpaired) electrons. The van der Waals surface area contributed by atoms with Crippen molar-refractivity contribution >= 4 is 12.3 Å². The molecule has 0 aliphatic heterocycles. The summed E-state index contributed by atoms with van der Waals surface area (Å²) in [5.74, 6) is -0.188. The molecule has 3 atom stereocenters. The van der Waals surface area contributed by atoms with Crippen LogP contribution in [0.25, 0.3) is 0 Å². The molecule has 3 rings (SSSR count). The van der Waals surface area contributed by atoms with Gasteiger partial charge in [0.25, 0.3) is 0 Å². The smallest absolute Gasteiger partial charge is 0.338 e. The first-order valence-corrected chi connectivity index (χ1v) is 10.5. The fourth-order valence-corrected chi connectivity index (χ4v) is 4.14. The van der Waals surface area contributed by atoms with Crippen molar-refractivity contribution in [3.8, 4) is 0 Å². The van der Waals surface area contributed by atoms with E-state index >= 15 is 0 Å². The zero-order chi connectivity index (χ0) is 19.8. The zero-order valence-corrected chi connectivity index (χ0v) is 16.7. The Morgan fingerprint density at radius 2 is 1.79 bits per heavy atom.